The Bertz CT molecular complexity index is 534. The van der Waals surface area contributed by atoms with Crippen molar-refractivity contribution in [3.8, 4) is 0 Å². The quantitative estimate of drug-likeness (QED) is 0.920. The molecule has 0 bridgehead atoms. The standard InChI is InChI=1S/C11H8BrClFNOS/c12-8-2-1-7(14)3-6(8)4-9(16)11-15-5-10(13)17-11/h1-3,5,9,16H,4H2. The summed E-state index contributed by atoms with van der Waals surface area (Å²) in [6.07, 6.45) is 1.01. The summed E-state index contributed by atoms with van der Waals surface area (Å²) in [5, 5.41) is 10.5. The molecule has 90 valence electrons. The predicted molar refractivity (Wildman–Crippen MR) is 69.9 cm³/mol. The minimum Gasteiger partial charge on any atom is -0.386 e. The van der Waals surface area contributed by atoms with Gasteiger partial charge in [-0.2, -0.15) is 0 Å². The van der Waals surface area contributed by atoms with Crippen LogP contribution in [-0.4, -0.2) is 10.1 Å². The van der Waals surface area contributed by atoms with Gasteiger partial charge in [-0.15, -0.1) is 11.3 Å². The summed E-state index contributed by atoms with van der Waals surface area (Å²) in [7, 11) is 0. The number of hydrogen-bond donors (Lipinski definition) is 1. The molecule has 0 aliphatic carbocycles. The highest BCUT2D eigenvalue weighted by Gasteiger charge is 2.14. The molecule has 0 spiro atoms. The third-order valence-corrected chi connectivity index (χ3v) is 4.19. The number of aromatic nitrogens is 1. The SMILES string of the molecule is OC(Cc1cc(F)ccc1Br)c1ncc(Cl)s1. The predicted octanol–water partition coefficient (Wildman–Crippen LogP) is 3.97. The molecule has 1 aromatic heterocycles. The maximum absolute atomic E-state index is 13.1. The van der Waals surface area contributed by atoms with Crippen molar-refractivity contribution >= 4 is 38.9 Å². The van der Waals surface area contributed by atoms with Gasteiger partial charge in [0.15, 0.2) is 0 Å². The Morgan fingerprint density at radius 3 is 2.94 bits per heavy atom. The molecular weight excluding hydrogens is 329 g/mol. The number of halogens is 3. The number of aliphatic hydroxyl groups excluding tert-OH is 1. The average Bonchev–Trinajstić information content (AvgIpc) is 2.70. The van der Waals surface area contributed by atoms with E-state index in [2.05, 4.69) is 20.9 Å². The molecule has 1 unspecified atom stereocenters. The second-order valence-corrected chi connectivity index (χ2v) is 6.01. The molecular formula is C11H8BrClFNOS. The molecule has 0 aliphatic heterocycles. The normalized spacial score (nSPS) is 12.7. The highest BCUT2D eigenvalue weighted by Crippen LogP contribution is 2.28. The van der Waals surface area contributed by atoms with E-state index in [0.29, 0.717) is 21.3 Å². The van der Waals surface area contributed by atoms with E-state index in [9.17, 15) is 9.50 Å². The van der Waals surface area contributed by atoms with Crippen LogP contribution in [0.3, 0.4) is 0 Å². The lowest BCUT2D eigenvalue weighted by molar-refractivity contribution is 0.177. The van der Waals surface area contributed by atoms with Gasteiger partial charge in [-0.3, -0.25) is 0 Å². The summed E-state index contributed by atoms with van der Waals surface area (Å²) in [6, 6.07) is 4.37. The first-order valence-electron chi connectivity index (χ1n) is 4.79. The maximum atomic E-state index is 13.1. The van der Waals surface area contributed by atoms with Crippen molar-refractivity contribution < 1.29 is 9.50 Å². The van der Waals surface area contributed by atoms with Crippen molar-refractivity contribution in [2.75, 3.05) is 0 Å². The fourth-order valence-electron chi connectivity index (χ4n) is 1.42. The van der Waals surface area contributed by atoms with Crippen LogP contribution >= 0.6 is 38.9 Å². The third kappa shape index (κ3) is 3.25. The van der Waals surface area contributed by atoms with Crippen LogP contribution < -0.4 is 0 Å². The van der Waals surface area contributed by atoms with Gasteiger partial charge in [0.2, 0.25) is 0 Å². The van der Waals surface area contributed by atoms with Crippen molar-refractivity contribution in [1.29, 1.82) is 0 Å². The summed E-state index contributed by atoms with van der Waals surface area (Å²) in [6.45, 7) is 0. The first-order chi connectivity index (χ1) is 8.06. The Morgan fingerprint density at radius 2 is 2.29 bits per heavy atom. The Balaban J connectivity index is 2.18. The van der Waals surface area contributed by atoms with Crippen LogP contribution in [0.25, 0.3) is 0 Å². The van der Waals surface area contributed by atoms with Crippen LogP contribution in [0.4, 0.5) is 4.39 Å². The maximum Gasteiger partial charge on any atom is 0.123 e. The molecule has 6 heteroatoms. The number of rotatable bonds is 3. The number of hydrogen-bond acceptors (Lipinski definition) is 3. The largest absolute Gasteiger partial charge is 0.386 e. The number of thiazole rings is 1. The van der Waals surface area contributed by atoms with Gasteiger partial charge in [0.1, 0.15) is 21.3 Å². The number of aliphatic hydroxyl groups is 1. The van der Waals surface area contributed by atoms with Crippen molar-refractivity contribution in [3.63, 3.8) is 0 Å². The minimum atomic E-state index is -0.773. The molecule has 2 aromatic rings. The molecule has 2 nitrogen and oxygen atoms in total. The van der Waals surface area contributed by atoms with Crippen LogP contribution in [0.5, 0.6) is 0 Å². The topological polar surface area (TPSA) is 33.1 Å². The fraction of sp³-hybridized carbons (Fsp3) is 0.182. The molecule has 1 N–H and O–H groups in total. The monoisotopic (exact) mass is 335 g/mol. The second-order valence-electron chi connectivity index (χ2n) is 3.46. The molecule has 0 amide bonds. The number of nitrogens with zero attached hydrogens (tertiary/aromatic N) is 1. The van der Waals surface area contributed by atoms with E-state index < -0.39 is 6.10 Å². The van der Waals surface area contributed by atoms with Crippen molar-refractivity contribution in [2.24, 2.45) is 0 Å². The molecule has 0 saturated carbocycles. The van der Waals surface area contributed by atoms with Gasteiger partial charge >= 0.3 is 0 Å². The van der Waals surface area contributed by atoms with Crippen LogP contribution in [0.1, 0.15) is 16.7 Å². The van der Waals surface area contributed by atoms with Crippen LogP contribution in [0.15, 0.2) is 28.9 Å². The Morgan fingerprint density at radius 1 is 1.53 bits per heavy atom. The van der Waals surface area contributed by atoms with E-state index in [4.69, 9.17) is 11.6 Å². The average molecular weight is 337 g/mol. The van der Waals surface area contributed by atoms with E-state index >= 15 is 0 Å². The summed E-state index contributed by atoms with van der Waals surface area (Å²) in [4.78, 5) is 3.99. The van der Waals surface area contributed by atoms with Gasteiger partial charge in [-0.1, -0.05) is 27.5 Å². The number of benzene rings is 1. The highest BCUT2D eigenvalue weighted by atomic mass is 79.9. The Hall–Kier alpha value is -0.490. The molecule has 0 radical (unpaired) electrons. The van der Waals surface area contributed by atoms with E-state index in [1.54, 1.807) is 6.07 Å². The molecule has 1 heterocycles. The van der Waals surface area contributed by atoms with Gasteiger partial charge < -0.3 is 5.11 Å². The molecule has 1 aromatic carbocycles. The first-order valence-corrected chi connectivity index (χ1v) is 6.78. The van der Waals surface area contributed by atoms with Gasteiger partial charge in [0, 0.05) is 10.9 Å². The second kappa shape index (κ2) is 5.44. The van der Waals surface area contributed by atoms with Crippen molar-refractivity contribution in [1.82, 2.24) is 4.98 Å². The molecule has 0 aliphatic rings. The van der Waals surface area contributed by atoms with E-state index in [1.807, 2.05) is 0 Å². The lowest BCUT2D eigenvalue weighted by atomic mass is 10.1. The molecule has 2 rings (SSSR count). The molecule has 0 saturated heterocycles. The zero-order chi connectivity index (χ0) is 12.4. The fourth-order valence-corrected chi connectivity index (χ4v) is 2.74. The molecule has 1 atom stereocenters. The lowest BCUT2D eigenvalue weighted by Gasteiger charge is -2.09. The van der Waals surface area contributed by atoms with Gasteiger partial charge in [-0.25, -0.2) is 9.37 Å². The molecule has 0 fully saturated rings. The van der Waals surface area contributed by atoms with Gasteiger partial charge in [-0.05, 0) is 23.8 Å². The summed E-state index contributed by atoms with van der Waals surface area (Å²) < 4.78 is 14.4. The summed E-state index contributed by atoms with van der Waals surface area (Å²) >= 11 is 10.3. The zero-order valence-electron chi connectivity index (χ0n) is 8.53. The third-order valence-electron chi connectivity index (χ3n) is 2.20. The van der Waals surface area contributed by atoms with Gasteiger partial charge in [0.05, 0.1) is 6.20 Å². The van der Waals surface area contributed by atoms with Crippen LogP contribution in [0, 0.1) is 5.82 Å². The minimum absolute atomic E-state index is 0.294. The van der Waals surface area contributed by atoms with Gasteiger partial charge in [0.25, 0.3) is 0 Å². The lowest BCUT2D eigenvalue weighted by Crippen LogP contribution is -2.02. The van der Waals surface area contributed by atoms with Crippen LogP contribution in [-0.2, 0) is 6.42 Å². The highest BCUT2D eigenvalue weighted by molar-refractivity contribution is 9.10. The zero-order valence-corrected chi connectivity index (χ0v) is 11.7. The van der Waals surface area contributed by atoms with E-state index in [-0.39, 0.29) is 5.82 Å². The first kappa shape index (κ1) is 13.0. The summed E-state index contributed by atoms with van der Waals surface area (Å²) in [5.41, 5.74) is 0.698. The molecule has 17 heavy (non-hydrogen) atoms. The van der Waals surface area contributed by atoms with E-state index in [0.717, 1.165) is 4.47 Å². The Labute approximate surface area is 115 Å². The van der Waals surface area contributed by atoms with Crippen LogP contribution in [0.2, 0.25) is 4.34 Å². The Kier molecular flexibility index (Phi) is 4.14. The summed E-state index contributed by atoms with van der Waals surface area (Å²) in [5.74, 6) is -0.326. The van der Waals surface area contributed by atoms with E-state index in [1.165, 1.54) is 29.7 Å². The smallest absolute Gasteiger partial charge is 0.123 e. The van der Waals surface area contributed by atoms with Crippen molar-refractivity contribution in [3.05, 3.63) is 49.6 Å². The van der Waals surface area contributed by atoms with Crippen molar-refractivity contribution in [2.45, 2.75) is 12.5 Å².